The van der Waals surface area contributed by atoms with Crippen LogP contribution in [0.1, 0.15) is 12.8 Å². The van der Waals surface area contributed by atoms with Gasteiger partial charge in [0.25, 0.3) is 0 Å². The maximum absolute atomic E-state index is 12.8. The van der Waals surface area contributed by atoms with E-state index in [0.29, 0.717) is 39.1 Å². The maximum Gasteiger partial charge on any atom is 0.407 e. The van der Waals surface area contributed by atoms with Crippen molar-refractivity contribution < 1.29 is 31.5 Å². The zero-order chi connectivity index (χ0) is 21.1. The van der Waals surface area contributed by atoms with Crippen molar-refractivity contribution in [3.05, 3.63) is 24.3 Å². The molecule has 3 rings (SSSR count). The van der Waals surface area contributed by atoms with Crippen LogP contribution >= 0.6 is 0 Å². The number of morpholine rings is 1. The van der Waals surface area contributed by atoms with E-state index in [0.717, 1.165) is 0 Å². The standard InChI is InChI=1S/C17H25N3O7S2/c21-17(22)19-6-4-14(5-7-19)13-18-28(23,24)15-2-1-3-16(12-15)29(25,26)20-8-10-27-11-9-20/h1-3,12,14,18H,4-11,13H2,(H,21,22). The van der Waals surface area contributed by atoms with Gasteiger partial charge in [0.05, 0.1) is 23.0 Å². The molecule has 0 unspecified atom stereocenters. The topological polar surface area (TPSA) is 133 Å². The molecule has 2 saturated heterocycles. The molecule has 0 aromatic heterocycles. The van der Waals surface area contributed by atoms with Gasteiger partial charge in [-0.2, -0.15) is 4.31 Å². The summed E-state index contributed by atoms with van der Waals surface area (Å²) in [5, 5.41) is 8.97. The van der Waals surface area contributed by atoms with E-state index in [2.05, 4.69) is 4.72 Å². The summed E-state index contributed by atoms with van der Waals surface area (Å²) in [6.07, 6.45) is 0.169. The van der Waals surface area contributed by atoms with E-state index >= 15 is 0 Å². The minimum atomic E-state index is -3.89. The number of nitrogens with one attached hydrogen (secondary N) is 1. The number of benzene rings is 1. The first-order valence-electron chi connectivity index (χ1n) is 9.35. The number of nitrogens with zero attached hydrogens (tertiary/aromatic N) is 2. The summed E-state index contributed by atoms with van der Waals surface area (Å²) in [5.74, 6) is 0.0284. The summed E-state index contributed by atoms with van der Waals surface area (Å²) < 4.78 is 59.8. The predicted octanol–water partition coefficient (Wildman–Crippen LogP) is 0.376. The van der Waals surface area contributed by atoms with E-state index in [1.807, 2.05) is 0 Å². The molecular formula is C17H25N3O7S2. The second kappa shape index (κ2) is 8.96. The minimum absolute atomic E-state index is 0.0284. The number of amides is 1. The molecule has 2 aliphatic heterocycles. The van der Waals surface area contributed by atoms with Crippen LogP contribution in [0.2, 0.25) is 0 Å². The van der Waals surface area contributed by atoms with Crippen LogP contribution in [0.5, 0.6) is 0 Å². The first kappa shape index (κ1) is 22.0. The molecule has 2 aliphatic rings. The van der Waals surface area contributed by atoms with E-state index < -0.39 is 26.1 Å². The van der Waals surface area contributed by atoms with Crippen molar-refractivity contribution in [3.63, 3.8) is 0 Å². The van der Waals surface area contributed by atoms with Gasteiger partial charge in [-0.15, -0.1) is 0 Å². The molecular weight excluding hydrogens is 422 g/mol. The van der Waals surface area contributed by atoms with E-state index in [9.17, 15) is 21.6 Å². The SMILES string of the molecule is O=C(O)N1CCC(CNS(=O)(=O)c2cccc(S(=O)(=O)N3CCOCC3)c2)CC1. The zero-order valence-corrected chi connectivity index (χ0v) is 17.5. The van der Waals surface area contributed by atoms with Gasteiger partial charge in [-0.1, -0.05) is 6.07 Å². The van der Waals surface area contributed by atoms with Gasteiger partial charge in [0, 0.05) is 32.7 Å². The van der Waals surface area contributed by atoms with Gasteiger partial charge in [-0.3, -0.25) is 0 Å². The average Bonchev–Trinajstić information content (AvgIpc) is 2.73. The third-order valence-electron chi connectivity index (χ3n) is 5.17. The second-order valence-electron chi connectivity index (χ2n) is 7.06. The maximum atomic E-state index is 12.8. The molecule has 0 aliphatic carbocycles. The Bertz CT molecular complexity index is 936. The van der Waals surface area contributed by atoms with Crippen molar-refractivity contribution in [2.75, 3.05) is 45.9 Å². The van der Waals surface area contributed by atoms with Gasteiger partial charge in [0.2, 0.25) is 20.0 Å². The van der Waals surface area contributed by atoms with E-state index in [4.69, 9.17) is 9.84 Å². The number of rotatable bonds is 6. The first-order chi connectivity index (χ1) is 13.7. The quantitative estimate of drug-likeness (QED) is 0.644. The summed E-state index contributed by atoms with van der Waals surface area (Å²) in [7, 11) is -7.69. The minimum Gasteiger partial charge on any atom is -0.465 e. The van der Waals surface area contributed by atoms with Gasteiger partial charge in [0.15, 0.2) is 0 Å². The van der Waals surface area contributed by atoms with Crippen molar-refractivity contribution in [1.29, 1.82) is 0 Å². The number of likely N-dealkylation sites (tertiary alicyclic amines) is 1. The third kappa shape index (κ3) is 5.25. The fourth-order valence-corrected chi connectivity index (χ4v) is 6.07. The fourth-order valence-electron chi connectivity index (χ4n) is 3.38. The Morgan fingerprint density at radius 3 is 2.31 bits per heavy atom. The van der Waals surface area contributed by atoms with Gasteiger partial charge in [0.1, 0.15) is 0 Å². The van der Waals surface area contributed by atoms with Gasteiger partial charge >= 0.3 is 6.09 Å². The largest absolute Gasteiger partial charge is 0.465 e. The smallest absolute Gasteiger partial charge is 0.407 e. The molecule has 0 saturated carbocycles. The van der Waals surface area contributed by atoms with Crippen LogP contribution in [0.4, 0.5) is 4.79 Å². The van der Waals surface area contributed by atoms with Crippen molar-refractivity contribution in [3.8, 4) is 0 Å². The number of sulfonamides is 2. The summed E-state index contributed by atoms with van der Waals surface area (Å²) in [6.45, 7) is 1.98. The molecule has 12 heteroatoms. The lowest BCUT2D eigenvalue weighted by Crippen LogP contribution is -2.41. The highest BCUT2D eigenvalue weighted by Crippen LogP contribution is 2.21. The highest BCUT2D eigenvalue weighted by atomic mass is 32.2. The third-order valence-corrected chi connectivity index (χ3v) is 8.49. The lowest BCUT2D eigenvalue weighted by molar-refractivity contribution is 0.0730. The van der Waals surface area contributed by atoms with Crippen molar-refractivity contribution in [2.24, 2.45) is 5.92 Å². The summed E-state index contributed by atoms with van der Waals surface area (Å²) in [6, 6.07) is 5.31. The highest BCUT2D eigenvalue weighted by molar-refractivity contribution is 7.90. The number of carbonyl (C=O) groups is 1. The van der Waals surface area contributed by atoms with Crippen LogP contribution < -0.4 is 4.72 Å². The molecule has 0 atom stereocenters. The van der Waals surface area contributed by atoms with Crippen LogP contribution in [-0.4, -0.2) is 83.2 Å². The Kier molecular flexibility index (Phi) is 6.79. The Morgan fingerprint density at radius 2 is 1.69 bits per heavy atom. The summed E-state index contributed by atoms with van der Waals surface area (Å²) in [4.78, 5) is 12.1. The van der Waals surface area contributed by atoms with Crippen molar-refractivity contribution in [2.45, 2.75) is 22.6 Å². The molecule has 2 N–H and O–H groups in total. The molecule has 10 nitrogen and oxygen atoms in total. The Balaban J connectivity index is 1.67. The number of ether oxygens (including phenoxy) is 1. The highest BCUT2D eigenvalue weighted by Gasteiger charge is 2.28. The molecule has 0 bridgehead atoms. The summed E-state index contributed by atoms with van der Waals surface area (Å²) in [5.41, 5.74) is 0. The van der Waals surface area contributed by atoms with Gasteiger partial charge in [-0.05, 0) is 37.0 Å². The Morgan fingerprint density at radius 1 is 1.07 bits per heavy atom. The van der Waals surface area contributed by atoms with Crippen LogP contribution in [0.15, 0.2) is 34.1 Å². The molecule has 2 heterocycles. The molecule has 1 aromatic rings. The number of carboxylic acid groups (broad SMARTS) is 1. The molecule has 0 spiro atoms. The number of piperidine rings is 1. The monoisotopic (exact) mass is 447 g/mol. The van der Waals surface area contributed by atoms with Gasteiger partial charge in [-0.25, -0.2) is 26.4 Å². The normalized spacial score (nSPS) is 19.9. The van der Waals surface area contributed by atoms with Gasteiger partial charge < -0.3 is 14.7 Å². The molecule has 1 amide bonds. The molecule has 162 valence electrons. The van der Waals surface area contributed by atoms with E-state index in [1.165, 1.54) is 33.5 Å². The lowest BCUT2D eigenvalue weighted by atomic mass is 9.97. The zero-order valence-electron chi connectivity index (χ0n) is 15.9. The number of hydrogen-bond donors (Lipinski definition) is 2. The predicted molar refractivity (Wildman–Crippen MR) is 104 cm³/mol. The van der Waals surface area contributed by atoms with Crippen molar-refractivity contribution in [1.82, 2.24) is 13.9 Å². The van der Waals surface area contributed by atoms with Crippen LogP contribution in [0.25, 0.3) is 0 Å². The lowest BCUT2D eigenvalue weighted by Gasteiger charge is -2.30. The first-order valence-corrected chi connectivity index (χ1v) is 12.3. The molecule has 2 fully saturated rings. The fraction of sp³-hybridized carbons (Fsp3) is 0.588. The van der Waals surface area contributed by atoms with E-state index in [-0.39, 0.29) is 35.3 Å². The number of hydrogen-bond acceptors (Lipinski definition) is 6. The Hall–Kier alpha value is -1.73. The molecule has 1 aromatic carbocycles. The van der Waals surface area contributed by atoms with Crippen LogP contribution in [0.3, 0.4) is 0 Å². The van der Waals surface area contributed by atoms with Crippen molar-refractivity contribution >= 4 is 26.1 Å². The van der Waals surface area contributed by atoms with Crippen LogP contribution in [-0.2, 0) is 24.8 Å². The average molecular weight is 448 g/mol. The summed E-state index contributed by atoms with van der Waals surface area (Å²) >= 11 is 0. The molecule has 0 radical (unpaired) electrons. The second-order valence-corrected chi connectivity index (χ2v) is 10.8. The molecule has 29 heavy (non-hydrogen) atoms. The van der Waals surface area contributed by atoms with Crippen LogP contribution in [0, 0.1) is 5.92 Å². The Labute approximate surface area is 170 Å². The van der Waals surface area contributed by atoms with E-state index in [1.54, 1.807) is 0 Å².